The number of aliphatic imine (C=N–C) groups is 1. The number of nitrogens with one attached hydrogen (secondary N) is 1. The second kappa shape index (κ2) is 8.60. The van der Waals surface area contributed by atoms with Gasteiger partial charge < -0.3 is 14.8 Å². The van der Waals surface area contributed by atoms with Crippen molar-refractivity contribution >= 4 is 34.6 Å². The summed E-state index contributed by atoms with van der Waals surface area (Å²) in [5.74, 6) is 1.06. The van der Waals surface area contributed by atoms with E-state index in [0.717, 1.165) is 16.8 Å². The standard InChI is InChI=1S/C21H20N2O3S/c1-4-11-26-17-10-7-15(12-18(17)25-3)13-19-20(24)23-21(27-19)22-16-8-5-14(2)6-9-16/h4-10,12-13H,1,11H2,2-3H3,(H,22,23,24). The van der Waals surface area contributed by atoms with E-state index in [1.807, 2.05) is 49.4 Å². The number of methoxy groups -OCH3 is 1. The van der Waals surface area contributed by atoms with Crippen molar-refractivity contribution < 1.29 is 14.3 Å². The first-order valence-electron chi connectivity index (χ1n) is 8.37. The van der Waals surface area contributed by atoms with Crippen molar-refractivity contribution in [2.24, 2.45) is 4.99 Å². The number of ether oxygens (including phenoxy) is 2. The van der Waals surface area contributed by atoms with Crippen LogP contribution in [0.4, 0.5) is 5.69 Å². The predicted molar refractivity (Wildman–Crippen MR) is 111 cm³/mol. The van der Waals surface area contributed by atoms with Crippen molar-refractivity contribution in [2.45, 2.75) is 6.92 Å². The molecular formula is C21H20N2O3S. The summed E-state index contributed by atoms with van der Waals surface area (Å²) in [7, 11) is 1.58. The Hall–Kier alpha value is -2.99. The van der Waals surface area contributed by atoms with Gasteiger partial charge in [0, 0.05) is 0 Å². The van der Waals surface area contributed by atoms with Crippen molar-refractivity contribution in [3.8, 4) is 11.5 Å². The zero-order valence-corrected chi connectivity index (χ0v) is 16.0. The van der Waals surface area contributed by atoms with Gasteiger partial charge in [-0.05, 0) is 54.6 Å². The van der Waals surface area contributed by atoms with E-state index in [1.54, 1.807) is 19.3 Å². The molecule has 2 aromatic carbocycles. The number of amides is 1. The molecule has 5 nitrogen and oxygen atoms in total. The van der Waals surface area contributed by atoms with Gasteiger partial charge in [-0.3, -0.25) is 4.79 Å². The van der Waals surface area contributed by atoms with Crippen LogP contribution in [0.2, 0.25) is 0 Å². The maximum atomic E-state index is 12.2. The average Bonchev–Trinajstić information content (AvgIpc) is 3.01. The Kier molecular flexibility index (Phi) is 5.98. The Bertz CT molecular complexity index is 918. The molecule has 0 bridgehead atoms. The number of rotatable bonds is 6. The molecule has 1 amide bonds. The number of nitrogens with zero attached hydrogens (tertiary/aromatic N) is 1. The van der Waals surface area contributed by atoms with Crippen LogP contribution in [0.3, 0.4) is 0 Å². The molecule has 2 aromatic rings. The highest BCUT2D eigenvalue weighted by Crippen LogP contribution is 2.32. The molecule has 0 unspecified atom stereocenters. The highest BCUT2D eigenvalue weighted by atomic mass is 32.2. The van der Waals surface area contributed by atoms with E-state index < -0.39 is 0 Å². The second-order valence-electron chi connectivity index (χ2n) is 5.83. The molecule has 1 fully saturated rings. The zero-order chi connectivity index (χ0) is 19.2. The largest absolute Gasteiger partial charge is 0.493 e. The molecular weight excluding hydrogens is 360 g/mol. The van der Waals surface area contributed by atoms with E-state index in [2.05, 4.69) is 16.9 Å². The SMILES string of the molecule is C=CCOc1ccc(C=C2SC(=Nc3ccc(C)cc3)NC2=O)cc1OC. The van der Waals surface area contributed by atoms with Gasteiger partial charge in [-0.15, -0.1) is 0 Å². The predicted octanol–water partition coefficient (Wildman–Crippen LogP) is 4.46. The molecule has 1 saturated heterocycles. The number of amidine groups is 1. The van der Waals surface area contributed by atoms with E-state index in [4.69, 9.17) is 9.47 Å². The van der Waals surface area contributed by atoms with Crippen LogP contribution in [0.5, 0.6) is 11.5 Å². The third kappa shape index (κ3) is 4.80. The summed E-state index contributed by atoms with van der Waals surface area (Å²) in [6.07, 6.45) is 3.47. The Morgan fingerprint density at radius 3 is 2.67 bits per heavy atom. The van der Waals surface area contributed by atoms with Gasteiger partial charge in [0.25, 0.3) is 5.91 Å². The first kappa shape index (κ1) is 18.8. The van der Waals surface area contributed by atoms with Gasteiger partial charge in [0.15, 0.2) is 16.7 Å². The fourth-order valence-electron chi connectivity index (χ4n) is 2.41. The number of thioether (sulfide) groups is 1. The summed E-state index contributed by atoms with van der Waals surface area (Å²) in [5.41, 5.74) is 2.80. The minimum Gasteiger partial charge on any atom is -0.493 e. The van der Waals surface area contributed by atoms with Crippen LogP contribution in [0.25, 0.3) is 6.08 Å². The molecule has 0 atom stereocenters. The first-order valence-corrected chi connectivity index (χ1v) is 9.18. The molecule has 138 valence electrons. The lowest BCUT2D eigenvalue weighted by atomic mass is 10.2. The van der Waals surface area contributed by atoms with Gasteiger partial charge in [-0.25, -0.2) is 4.99 Å². The quantitative estimate of drug-likeness (QED) is 0.594. The van der Waals surface area contributed by atoms with Gasteiger partial charge in [0.05, 0.1) is 17.7 Å². The van der Waals surface area contributed by atoms with Gasteiger partial charge >= 0.3 is 0 Å². The topological polar surface area (TPSA) is 59.9 Å². The van der Waals surface area contributed by atoms with Crippen LogP contribution in [-0.2, 0) is 4.79 Å². The maximum absolute atomic E-state index is 12.2. The molecule has 0 radical (unpaired) electrons. The fourth-order valence-corrected chi connectivity index (χ4v) is 3.25. The Labute approximate surface area is 162 Å². The molecule has 0 saturated carbocycles. The summed E-state index contributed by atoms with van der Waals surface area (Å²) >= 11 is 1.31. The van der Waals surface area contributed by atoms with Crippen LogP contribution in [0, 0.1) is 6.92 Å². The van der Waals surface area contributed by atoms with Crippen LogP contribution in [0.15, 0.2) is 65.0 Å². The van der Waals surface area contributed by atoms with E-state index in [1.165, 1.54) is 11.8 Å². The normalized spacial score (nSPS) is 16.4. The highest BCUT2D eigenvalue weighted by Gasteiger charge is 2.24. The Morgan fingerprint density at radius 1 is 1.19 bits per heavy atom. The summed E-state index contributed by atoms with van der Waals surface area (Å²) in [6.45, 7) is 6.05. The number of aryl methyl sites for hydroxylation is 1. The van der Waals surface area contributed by atoms with E-state index >= 15 is 0 Å². The first-order chi connectivity index (χ1) is 13.1. The minimum atomic E-state index is -0.170. The zero-order valence-electron chi connectivity index (χ0n) is 15.2. The molecule has 1 aliphatic rings. The molecule has 1 N–H and O–H groups in total. The van der Waals surface area contributed by atoms with E-state index in [9.17, 15) is 4.79 Å². The molecule has 27 heavy (non-hydrogen) atoms. The summed E-state index contributed by atoms with van der Waals surface area (Å²) in [4.78, 5) is 17.3. The number of carbonyl (C=O) groups is 1. The summed E-state index contributed by atoms with van der Waals surface area (Å²) in [6, 6.07) is 13.3. The van der Waals surface area contributed by atoms with Crippen molar-refractivity contribution in [3.05, 3.63) is 71.2 Å². The summed E-state index contributed by atoms with van der Waals surface area (Å²) < 4.78 is 10.9. The summed E-state index contributed by atoms with van der Waals surface area (Å²) in [5, 5.41) is 3.36. The number of hydrogen-bond acceptors (Lipinski definition) is 5. The van der Waals surface area contributed by atoms with Crippen LogP contribution >= 0.6 is 11.8 Å². The van der Waals surface area contributed by atoms with Gasteiger partial charge in [-0.2, -0.15) is 0 Å². The molecule has 0 aromatic heterocycles. The van der Waals surface area contributed by atoms with Crippen molar-refractivity contribution in [1.29, 1.82) is 0 Å². The highest BCUT2D eigenvalue weighted by molar-refractivity contribution is 8.18. The molecule has 0 spiro atoms. The van der Waals surface area contributed by atoms with Crippen LogP contribution in [-0.4, -0.2) is 24.8 Å². The van der Waals surface area contributed by atoms with E-state index in [0.29, 0.717) is 28.2 Å². The lowest BCUT2D eigenvalue weighted by Crippen LogP contribution is -2.19. The Morgan fingerprint density at radius 2 is 1.96 bits per heavy atom. The lowest BCUT2D eigenvalue weighted by Gasteiger charge is -2.09. The molecule has 0 aliphatic carbocycles. The van der Waals surface area contributed by atoms with Gasteiger partial charge in [0.2, 0.25) is 0 Å². The fraction of sp³-hybridized carbons (Fsp3) is 0.143. The smallest absolute Gasteiger partial charge is 0.264 e. The molecule has 1 aliphatic heterocycles. The maximum Gasteiger partial charge on any atom is 0.264 e. The molecule has 3 rings (SSSR count). The minimum absolute atomic E-state index is 0.170. The van der Waals surface area contributed by atoms with Crippen LogP contribution < -0.4 is 14.8 Å². The third-order valence-corrected chi connectivity index (χ3v) is 4.67. The van der Waals surface area contributed by atoms with Crippen molar-refractivity contribution in [1.82, 2.24) is 5.32 Å². The van der Waals surface area contributed by atoms with Crippen molar-refractivity contribution in [2.75, 3.05) is 13.7 Å². The number of benzene rings is 2. The monoisotopic (exact) mass is 380 g/mol. The molecule has 6 heteroatoms. The van der Waals surface area contributed by atoms with Gasteiger partial charge in [-0.1, -0.05) is 36.4 Å². The van der Waals surface area contributed by atoms with Gasteiger partial charge in [0.1, 0.15) is 6.61 Å². The number of hydrogen-bond donors (Lipinski definition) is 1. The lowest BCUT2D eigenvalue weighted by molar-refractivity contribution is -0.115. The average molecular weight is 380 g/mol. The number of carbonyl (C=O) groups excluding carboxylic acids is 1. The molecule has 1 heterocycles. The van der Waals surface area contributed by atoms with Crippen molar-refractivity contribution in [3.63, 3.8) is 0 Å². The van der Waals surface area contributed by atoms with Crippen LogP contribution in [0.1, 0.15) is 11.1 Å². The third-order valence-electron chi connectivity index (χ3n) is 3.76. The van der Waals surface area contributed by atoms with E-state index in [-0.39, 0.29) is 5.91 Å². The Balaban J connectivity index is 1.79. The second-order valence-corrected chi connectivity index (χ2v) is 6.86.